The number of carboxylic acid groups (broad SMARTS) is 1. The maximum absolute atomic E-state index is 13.4. The fourth-order valence-corrected chi connectivity index (χ4v) is 3.82. The van der Waals surface area contributed by atoms with Crippen LogP contribution >= 0.6 is 0 Å². The highest BCUT2D eigenvalue weighted by atomic mass is 16.4. The SMILES string of the molecule is CC(C)C(NC(=O)C(CCCN=C(N)N)NC(=O)C(CCCN=C(N)N)NC(=O)C(N)Cc1ccccc1)C(=O)O. The Morgan fingerprint density at radius 1 is 0.780 bits per heavy atom. The molecule has 0 heterocycles. The first-order valence-electron chi connectivity index (χ1n) is 13.4. The highest BCUT2D eigenvalue weighted by molar-refractivity contribution is 5.94. The molecular formula is C26H44N10O5. The molecule has 0 bridgehead atoms. The van der Waals surface area contributed by atoms with Gasteiger partial charge >= 0.3 is 5.97 Å². The van der Waals surface area contributed by atoms with E-state index in [1.807, 2.05) is 30.3 Å². The van der Waals surface area contributed by atoms with Crippen LogP contribution in [-0.4, -0.2) is 78.0 Å². The number of guanidine groups is 2. The van der Waals surface area contributed by atoms with Gasteiger partial charge in [0.2, 0.25) is 17.7 Å². The fraction of sp³-hybridized carbons (Fsp3) is 0.538. The summed E-state index contributed by atoms with van der Waals surface area (Å²) in [6, 6.07) is 4.84. The van der Waals surface area contributed by atoms with Gasteiger partial charge in [-0.05, 0) is 43.6 Å². The maximum Gasteiger partial charge on any atom is 0.326 e. The highest BCUT2D eigenvalue weighted by Crippen LogP contribution is 2.08. The van der Waals surface area contributed by atoms with Crippen LogP contribution in [0.3, 0.4) is 0 Å². The third-order valence-corrected chi connectivity index (χ3v) is 6.02. The number of hydrogen-bond acceptors (Lipinski definition) is 7. The van der Waals surface area contributed by atoms with Gasteiger partial charge in [-0.25, -0.2) is 4.79 Å². The second-order valence-corrected chi connectivity index (χ2v) is 9.88. The van der Waals surface area contributed by atoms with Crippen LogP contribution in [0.2, 0.25) is 0 Å². The molecule has 4 atom stereocenters. The topological polar surface area (TPSA) is 279 Å². The van der Waals surface area contributed by atoms with Crippen molar-refractivity contribution in [3.8, 4) is 0 Å². The van der Waals surface area contributed by atoms with Gasteiger partial charge in [-0.3, -0.25) is 24.4 Å². The number of amides is 3. The van der Waals surface area contributed by atoms with E-state index in [0.717, 1.165) is 5.56 Å². The second-order valence-electron chi connectivity index (χ2n) is 9.88. The van der Waals surface area contributed by atoms with Gasteiger partial charge in [0.05, 0.1) is 6.04 Å². The molecule has 228 valence electrons. The standard InChI is InChI=1S/C26H44N10O5/c1-15(2)20(24(40)41)36-23(39)19(11-7-13-33-26(30)31)35-22(38)18(10-6-12-32-25(28)29)34-21(37)17(27)14-16-8-4-3-5-9-16/h3-5,8-9,15,17-20H,6-7,10-14,27H2,1-2H3,(H,34,37)(H,35,38)(H,36,39)(H,40,41)(H4,28,29,32)(H4,30,31,33). The molecule has 0 fully saturated rings. The molecule has 0 aliphatic rings. The number of nitrogens with one attached hydrogen (secondary N) is 3. The zero-order valence-corrected chi connectivity index (χ0v) is 23.6. The van der Waals surface area contributed by atoms with Crippen molar-refractivity contribution in [3.63, 3.8) is 0 Å². The number of carbonyl (C=O) groups excluding carboxylic acids is 3. The molecule has 15 heteroatoms. The van der Waals surface area contributed by atoms with Crippen molar-refractivity contribution >= 4 is 35.6 Å². The number of aliphatic carboxylic acids is 1. The summed E-state index contributed by atoms with van der Waals surface area (Å²) in [6.07, 6.45) is 1.12. The number of nitrogens with two attached hydrogens (primary N) is 5. The maximum atomic E-state index is 13.4. The Morgan fingerprint density at radius 2 is 1.24 bits per heavy atom. The number of benzene rings is 1. The van der Waals surface area contributed by atoms with Crippen molar-refractivity contribution in [3.05, 3.63) is 35.9 Å². The lowest BCUT2D eigenvalue weighted by atomic mass is 10.0. The second kappa shape index (κ2) is 18.0. The van der Waals surface area contributed by atoms with Gasteiger partial charge < -0.3 is 49.7 Å². The van der Waals surface area contributed by atoms with Crippen molar-refractivity contribution in [1.29, 1.82) is 0 Å². The molecule has 0 saturated carbocycles. The lowest BCUT2D eigenvalue weighted by molar-refractivity contribution is -0.143. The summed E-state index contributed by atoms with van der Waals surface area (Å²) in [7, 11) is 0. The van der Waals surface area contributed by atoms with Gasteiger partial charge in [-0.1, -0.05) is 44.2 Å². The van der Waals surface area contributed by atoms with Crippen LogP contribution in [0, 0.1) is 5.92 Å². The van der Waals surface area contributed by atoms with Crippen LogP contribution in [-0.2, 0) is 25.6 Å². The van der Waals surface area contributed by atoms with E-state index in [1.54, 1.807) is 13.8 Å². The average Bonchev–Trinajstić information content (AvgIpc) is 2.90. The molecule has 15 nitrogen and oxygen atoms in total. The van der Waals surface area contributed by atoms with E-state index in [2.05, 4.69) is 25.9 Å². The summed E-state index contributed by atoms with van der Waals surface area (Å²) in [5.74, 6) is -3.79. The molecule has 0 saturated heterocycles. The monoisotopic (exact) mass is 576 g/mol. The molecule has 41 heavy (non-hydrogen) atoms. The van der Waals surface area contributed by atoms with Crippen molar-refractivity contribution in [1.82, 2.24) is 16.0 Å². The predicted molar refractivity (Wildman–Crippen MR) is 156 cm³/mol. The summed E-state index contributed by atoms with van der Waals surface area (Å²) >= 11 is 0. The van der Waals surface area contributed by atoms with Crippen molar-refractivity contribution < 1.29 is 24.3 Å². The number of hydrogen-bond donors (Lipinski definition) is 9. The van der Waals surface area contributed by atoms with E-state index in [1.165, 1.54) is 0 Å². The highest BCUT2D eigenvalue weighted by Gasteiger charge is 2.31. The van der Waals surface area contributed by atoms with Crippen molar-refractivity contribution in [2.24, 2.45) is 44.6 Å². The smallest absolute Gasteiger partial charge is 0.326 e. The van der Waals surface area contributed by atoms with E-state index in [-0.39, 0.29) is 44.3 Å². The number of carboxylic acids is 1. The first kappa shape index (κ1) is 34.6. The molecule has 1 rings (SSSR count). The molecule has 0 radical (unpaired) electrons. The molecule has 0 spiro atoms. The lowest BCUT2D eigenvalue weighted by Crippen LogP contribution is -2.57. The zero-order chi connectivity index (χ0) is 30.9. The minimum Gasteiger partial charge on any atom is -0.480 e. The van der Waals surface area contributed by atoms with E-state index in [0.29, 0.717) is 12.8 Å². The summed E-state index contributed by atoms with van der Waals surface area (Å²) < 4.78 is 0. The van der Waals surface area contributed by atoms with Gasteiger partial charge in [-0.2, -0.15) is 0 Å². The fourth-order valence-electron chi connectivity index (χ4n) is 3.82. The molecule has 14 N–H and O–H groups in total. The Kier molecular flexibility index (Phi) is 15.2. The minimum atomic E-state index is -1.21. The number of nitrogens with zero attached hydrogens (tertiary/aromatic N) is 2. The Labute approximate surface area is 239 Å². The number of aliphatic imine (C=N–C) groups is 2. The van der Waals surface area contributed by atoms with E-state index >= 15 is 0 Å². The third-order valence-electron chi connectivity index (χ3n) is 6.02. The lowest BCUT2D eigenvalue weighted by Gasteiger charge is -2.26. The van der Waals surface area contributed by atoms with Gasteiger partial charge in [0.15, 0.2) is 11.9 Å². The Balaban J connectivity index is 3.08. The minimum absolute atomic E-state index is 0.0982. The van der Waals surface area contributed by atoms with Crippen LogP contribution in [0.15, 0.2) is 40.3 Å². The largest absolute Gasteiger partial charge is 0.480 e. The van der Waals surface area contributed by atoms with Gasteiger partial charge in [-0.15, -0.1) is 0 Å². The Morgan fingerprint density at radius 3 is 1.68 bits per heavy atom. The molecule has 4 unspecified atom stereocenters. The number of rotatable bonds is 18. The molecule has 1 aromatic rings. The Hall–Kier alpha value is -4.40. The quantitative estimate of drug-likeness (QED) is 0.0519. The molecule has 0 aliphatic carbocycles. The number of carbonyl (C=O) groups is 4. The normalized spacial score (nSPS) is 13.7. The van der Waals surface area contributed by atoms with E-state index < -0.39 is 53.8 Å². The van der Waals surface area contributed by atoms with Gasteiger partial charge in [0.1, 0.15) is 18.1 Å². The first-order valence-corrected chi connectivity index (χ1v) is 13.4. The molecule has 0 aliphatic heterocycles. The van der Waals surface area contributed by atoms with E-state index in [9.17, 15) is 24.3 Å². The first-order chi connectivity index (χ1) is 19.3. The van der Waals surface area contributed by atoms with Crippen LogP contribution in [0.25, 0.3) is 0 Å². The van der Waals surface area contributed by atoms with Crippen LogP contribution in [0.4, 0.5) is 0 Å². The van der Waals surface area contributed by atoms with Crippen LogP contribution in [0.5, 0.6) is 0 Å². The van der Waals surface area contributed by atoms with Gasteiger partial charge in [0, 0.05) is 13.1 Å². The summed E-state index contributed by atoms with van der Waals surface area (Å²) in [5, 5.41) is 17.3. The van der Waals surface area contributed by atoms with Crippen LogP contribution in [0.1, 0.15) is 45.1 Å². The molecular weight excluding hydrogens is 532 g/mol. The van der Waals surface area contributed by atoms with Gasteiger partial charge in [0.25, 0.3) is 0 Å². The zero-order valence-electron chi connectivity index (χ0n) is 23.6. The third kappa shape index (κ3) is 14.0. The molecule has 0 aromatic heterocycles. The summed E-state index contributed by atoms with van der Waals surface area (Å²) in [6.45, 7) is 3.68. The Bertz CT molecular complexity index is 1060. The summed E-state index contributed by atoms with van der Waals surface area (Å²) in [5.41, 5.74) is 28.4. The van der Waals surface area contributed by atoms with Crippen molar-refractivity contribution in [2.45, 2.75) is 70.1 Å². The van der Waals surface area contributed by atoms with Crippen LogP contribution < -0.4 is 44.6 Å². The predicted octanol–water partition coefficient (Wildman–Crippen LogP) is -2.14. The average molecular weight is 577 g/mol. The van der Waals surface area contributed by atoms with E-state index in [4.69, 9.17) is 28.7 Å². The molecule has 1 aromatic carbocycles. The summed E-state index contributed by atoms with van der Waals surface area (Å²) in [4.78, 5) is 58.8. The van der Waals surface area contributed by atoms with Crippen molar-refractivity contribution in [2.75, 3.05) is 13.1 Å². The molecule has 3 amide bonds.